The molecule has 0 bridgehead atoms. The SMILES string of the molecule is Cc1ccc(-c2nn(-c3ccccc3)cc2C(=O)Nc2ccc(-n3ccnc3C)c(F)c2)o1. The van der Waals surface area contributed by atoms with E-state index in [1.54, 1.807) is 53.0 Å². The number of carbonyl (C=O) groups is 1. The number of anilines is 1. The second-order valence-electron chi connectivity index (χ2n) is 7.55. The number of nitrogens with zero attached hydrogens (tertiary/aromatic N) is 4. The van der Waals surface area contributed by atoms with Gasteiger partial charge in [-0.1, -0.05) is 18.2 Å². The fourth-order valence-corrected chi connectivity index (χ4v) is 3.61. The Bertz CT molecular complexity index is 1450. The summed E-state index contributed by atoms with van der Waals surface area (Å²) < 4.78 is 23.8. The first-order valence-electron chi connectivity index (χ1n) is 10.3. The molecule has 1 N–H and O–H groups in total. The Labute approximate surface area is 189 Å². The van der Waals surface area contributed by atoms with Gasteiger partial charge in [0.15, 0.2) is 5.76 Å². The number of rotatable bonds is 5. The van der Waals surface area contributed by atoms with Crippen molar-refractivity contribution in [3.63, 3.8) is 0 Å². The largest absolute Gasteiger partial charge is 0.460 e. The molecule has 0 aliphatic heterocycles. The Morgan fingerprint density at radius 2 is 1.88 bits per heavy atom. The number of amides is 1. The molecule has 0 saturated heterocycles. The molecule has 3 aromatic heterocycles. The molecule has 164 valence electrons. The van der Waals surface area contributed by atoms with E-state index in [0.717, 1.165) is 5.69 Å². The minimum Gasteiger partial charge on any atom is -0.460 e. The molecule has 0 aliphatic carbocycles. The van der Waals surface area contributed by atoms with Crippen molar-refractivity contribution >= 4 is 11.6 Å². The van der Waals surface area contributed by atoms with Crippen molar-refractivity contribution < 1.29 is 13.6 Å². The van der Waals surface area contributed by atoms with E-state index >= 15 is 0 Å². The van der Waals surface area contributed by atoms with Gasteiger partial charge in [0, 0.05) is 24.3 Å². The Morgan fingerprint density at radius 1 is 1.06 bits per heavy atom. The number of hydrogen-bond acceptors (Lipinski definition) is 4. The number of halogens is 1. The van der Waals surface area contributed by atoms with Gasteiger partial charge in [-0.2, -0.15) is 5.10 Å². The van der Waals surface area contributed by atoms with E-state index in [9.17, 15) is 9.18 Å². The Kier molecular flexibility index (Phi) is 5.10. The molecule has 2 aromatic carbocycles. The van der Waals surface area contributed by atoms with E-state index in [1.807, 2.05) is 43.3 Å². The lowest BCUT2D eigenvalue weighted by atomic mass is 10.2. The molecule has 0 spiro atoms. The highest BCUT2D eigenvalue weighted by molar-refractivity contribution is 6.07. The third-order valence-corrected chi connectivity index (χ3v) is 5.24. The average molecular weight is 441 g/mol. The highest BCUT2D eigenvalue weighted by atomic mass is 19.1. The first-order valence-corrected chi connectivity index (χ1v) is 10.3. The average Bonchev–Trinajstić information content (AvgIpc) is 3.54. The van der Waals surface area contributed by atoms with Crippen LogP contribution in [-0.4, -0.2) is 25.2 Å². The van der Waals surface area contributed by atoms with Crippen LogP contribution in [0.2, 0.25) is 0 Å². The number of aromatic nitrogens is 4. The van der Waals surface area contributed by atoms with Gasteiger partial charge < -0.3 is 14.3 Å². The van der Waals surface area contributed by atoms with Crippen LogP contribution in [0.3, 0.4) is 0 Å². The zero-order valence-corrected chi connectivity index (χ0v) is 18.0. The molecule has 0 radical (unpaired) electrons. The van der Waals surface area contributed by atoms with E-state index in [-0.39, 0.29) is 0 Å². The highest BCUT2D eigenvalue weighted by Gasteiger charge is 2.21. The monoisotopic (exact) mass is 441 g/mol. The Balaban J connectivity index is 1.48. The van der Waals surface area contributed by atoms with Gasteiger partial charge in [0.25, 0.3) is 5.91 Å². The van der Waals surface area contributed by atoms with Gasteiger partial charge in [-0.3, -0.25) is 4.79 Å². The lowest BCUT2D eigenvalue weighted by Gasteiger charge is -2.09. The molecule has 33 heavy (non-hydrogen) atoms. The smallest absolute Gasteiger partial charge is 0.259 e. The van der Waals surface area contributed by atoms with E-state index in [0.29, 0.717) is 40.0 Å². The molecule has 0 aliphatic rings. The van der Waals surface area contributed by atoms with E-state index in [1.165, 1.54) is 6.07 Å². The summed E-state index contributed by atoms with van der Waals surface area (Å²) >= 11 is 0. The summed E-state index contributed by atoms with van der Waals surface area (Å²) in [6, 6.07) is 17.6. The van der Waals surface area contributed by atoms with Crippen molar-refractivity contribution in [1.29, 1.82) is 0 Å². The maximum Gasteiger partial charge on any atom is 0.259 e. The van der Waals surface area contributed by atoms with Crippen LogP contribution >= 0.6 is 0 Å². The van der Waals surface area contributed by atoms with Crippen LogP contribution < -0.4 is 5.32 Å². The van der Waals surface area contributed by atoms with Crippen molar-refractivity contribution in [2.75, 3.05) is 5.32 Å². The number of carbonyl (C=O) groups excluding carboxylic acids is 1. The predicted molar refractivity (Wildman–Crippen MR) is 122 cm³/mol. The van der Waals surface area contributed by atoms with Crippen molar-refractivity contribution in [3.8, 4) is 22.8 Å². The third-order valence-electron chi connectivity index (χ3n) is 5.24. The van der Waals surface area contributed by atoms with Crippen molar-refractivity contribution in [1.82, 2.24) is 19.3 Å². The molecule has 8 heteroatoms. The molecule has 1 amide bonds. The van der Waals surface area contributed by atoms with E-state index in [2.05, 4.69) is 15.4 Å². The van der Waals surface area contributed by atoms with Gasteiger partial charge >= 0.3 is 0 Å². The van der Waals surface area contributed by atoms with Crippen LogP contribution in [0.4, 0.5) is 10.1 Å². The summed E-state index contributed by atoms with van der Waals surface area (Å²) in [6.45, 7) is 3.61. The number of furan rings is 1. The summed E-state index contributed by atoms with van der Waals surface area (Å²) in [4.78, 5) is 17.3. The van der Waals surface area contributed by atoms with Gasteiger partial charge in [0.1, 0.15) is 23.1 Å². The molecular formula is C25H20FN5O2. The standard InChI is InChI=1S/C25H20FN5O2/c1-16-8-11-23(33-16)24-20(15-31(29-24)19-6-4-3-5-7-19)25(32)28-18-9-10-22(21(26)14-18)30-13-12-27-17(30)2/h3-15H,1-2H3,(H,28,32). The quantitative estimate of drug-likeness (QED) is 0.400. The number of imidazole rings is 1. The van der Waals surface area contributed by atoms with Crippen LogP contribution in [0.1, 0.15) is 21.9 Å². The fraction of sp³-hybridized carbons (Fsp3) is 0.0800. The van der Waals surface area contributed by atoms with Gasteiger partial charge in [0.2, 0.25) is 0 Å². The van der Waals surface area contributed by atoms with Crippen LogP contribution in [-0.2, 0) is 0 Å². The highest BCUT2D eigenvalue weighted by Crippen LogP contribution is 2.27. The molecular weight excluding hydrogens is 421 g/mol. The zero-order valence-electron chi connectivity index (χ0n) is 18.0. The zero-order chi connectivity index (χ0) is 22.9. The van der Waals surface area contributed by atoms with Crippen LogP contribution in [0.25, 0.3) is 22.8 Å². The van der Waals surface area contributed by atoms with Crippen molar-refractivity contribution in [2.45, 2.75) is 13.8 Å². The molecule has 5 aromatic rings. The first kappa shape index (κ1) is 20.4. The maximum atomic E-state index is 14.8. The minimum atomic E-state index is -0.476. The summed E-state index contributed by atoms with van der Waals surface area (Å²) in [5.74, 6) is 0.947. The van der Waals surface area contributed by atoms with Gasteiger partial charge in [0.05, 0.1) is 16.9 Å². The molecule has 0 atom stereocenters. The van der Waals surface area contributed by atoms with E-state index in [4.69, 9.17) is 4.42 Å². The minimum absolute atomic E-state index is 0.308. The molecule has 0 saturated carbocycles. The lowest BCUT2D eigenvalue weighted by Crippen LogP contribution is -2.13. The molecule has 5 rings (SSSR count). The van der Waals surface area contributed by atoms with E-state index < -0.39 is 11.7 Å². The second kappa shape index (κ2) is 8.23. The van der Waals surface area contributed by atoms with Crippen molar-refractivity contribution in [2.24, 2.45) is 0 Å². The van der Waals surface area contributed by atoms with Gasteiger partial charge in [-0.05, 0) is 56.3 Å². The second-order valence-corrected chi connectivity index (χ2v) is 7.55. The van der Waals surface area contributed by atoms with Crippen molar-refractivity contribution in [3.05, 3.63) is 102 Å². The summed E-state index contributed by atoms with van der Waals surface area (Å²) in [5.41, 5.74) is 2.19. The molecule has 0 fully saturated rings. The number of nitrogens with one attached hydrogen (secondary N) is 1. The maximum absolute atomic E-state index is 14.8. The molecule has 0 unspecified atom stereocenters. The number of para-hydroxylation sites is 1. The number of hydrogen-bond donors (Lipinski definition) is 1. The molecule has 7 nitrogen and oxygen atoms in total. The first-order chi connectivity index (χ1) is 16.0. The van der Waals surface area contributed by atoms with Gasteiger partial charge in [-0.15, -0.1) is 0 Å². The summed E-state index contributed by atoms with van der Waals surface area (Å²) in [5, 5.41) is 7.35. The van der Waals surface area contributed by atoms with Gasteiger partial charge in [-0.25, -0.2) is 14.1 Å². The third kappa shape index (κ3) is 3.94. The summed E-state index contributed by atoms with van der Waals surface area (Å²) in [7, 11) is 0. The lowest BCUT2D eigenvalue weighted by molar-refractivity contribution is 0.102. The fourth-order valence-electron chi connectivity index (χ4n) is 3.61. The number of aryl methyl sites for hydroxylation is 2. The number of benzene rings is 2. The summed E-state index contributed by atoms with van der Waals surface area (Å²) in [6.07, 6.45) is 4.92. The topological polar surface area (TPSA) is 77.9 Å². The normalized spacial score (nSPS) is 11.0. The van der Waals surface area contributed by atoms with Crippen LogP contribution in [0.15, 0.2) is 83.7 Å². The van der Waals surface area contributed by atoms with Crippen LogP contribution in [0, 0.1) is 19.7 Å². The predicted octanol–water partition coefficient (Wildman–Crippen LogP) is 5.33. The van der Waals surface area contributed by atoms with Crippen LogP contribution in [0.5, 0.6) is 0 Å². The Morgan fingerprint density at radius 3 is 2.55 bits per heavy atom. The Hall–Kier alpha value is -4.46. The molecule has 3 heterocycles.